The lowest BCUT2D eigenvalue weighted by Gasteiger charge is -2.34. The summed E-state index contributed by atoms with van der Waals surface area (Å²) in [6, 6.07) is 73.8. The molecule has 2 heteroatoms. The zero-order chi connectivity index (χ0) is 31.9. The molecule has 9 rings (SSSR count). The van der Waals surface area contributed by atoms with E-state index in [0.717, 1.165) is 0 Å². The van der Waals surface area contributed by atoms with Crippen molar-refractivity contribution in [1.29, 1.82) is 0 Å². The molecule has 0 aliphatic heterocycles. The van der Waals surface area contributed by atoms with Crippen molar-refractivity contribution in [3.8, 4) is 16.8 Å². The summed E-state index contributed by atoms with van der Waals surface area (Å²) in [5.41, 5.74) is 6.12. The number of fused-ring (bicyclic) bond motifs is 4. The van der Waals surface area contributed by atoms with Gasteiger partial charge in [0.15, 0.2) is 8.07 Å². The highest BCUT2D eigenvalue weighted by molar-refractivity contribution is 7.19. The summed E-state index contributed by atoms with van der Waals surface area (Å²) in [5, 5.41) is 10.6. The van der Waals surface area contributed by atoms with Crippen LogP contribution in [0.5, 0.6) is 0 Å². The van der Waals surface area contributed by atoms with Crippen LogP contribution in [0.1, 0.15) is 0 Å². The minimum atomic E-state index is -2.58. The maximum atomic E-state index is 2.43. The van der Waals surface area contributed by atoms with Crippen LogP contribution in [-0.4, -0.2) is 12.6 Å². The molecule has 0 unspecified atom stereocenters. The van der Waals surface area contributed by atoms with Gasteiger partial charge in [0, 0.05) is 16.2 Å². The van der Waals surface area contributed by atoms with Crippen LogP contribution in [0, 0.1) is 0 Å². The van der Waals surface area contributed by atoms with Crippen molar-refractivity contribution in [3.63, 3.8) is 0 Å². The minimum Gasteiger partial charge on any atom is -0.309 e. The van der Waals surface area contributed by atoms with Gasteiger partial charge < -0.3 is 4.57 Å². The first-order valence-electron chi connectivity index (χ1n) is 16.6. The van der Waals surface area contributed by atoms with E-state index in [9.17, 15) is 0 Å². The quantitative estimate of drug-likeness (QED) is 0.128. The molecule has 0 aliphatic carbocycles. The fourth-order valence-corrected chi connectivity index (χ4v) is 12.6. The van der Waals surface area contributed by atoms with Crippen LogP contribution in [0.4, 0.5) is 0 Å². The lowest BCUT2D eigenvalue weighted by molar-refractivity contribution is 1.20. The Bertz CT molecular complexity index is 2380. The number of aromatic nitrogens is 1. The number of nitrogens with zero attached hydrogens (tertiary/aromatic N) is 1. The summed E-state index contributed by atoms with van der Waals surface area (Å²) in [4.78, 5) is 0. The van der Waals surface area contributed by atoms with Crippen molar-refractivity contribution in [2.45, 2.75) is 0 Å². The molecule has 1 heterocycles. The molecule has 1 nitrogen and oxygen atoms in total. The summed E-state index contributed by atoms with van der Waals surface area (Å²) < 4.78 is 2.43. The van der Waals surface area contributed by atoms with Gasteiger partial charge in [0.25, 0.3) is 0 Å². The first-order valence-corrected chi connectivity index (χ1v) is 18.6. The Hall–Kier alpha value is -5.96. The molecule has 8 aromatic carbocycles. The molecule has 0 bridgehead atoms. The van der Waals surface area contributed by atoms with Crippen molar-refractivity contribution in [2.24, 2.45) is 0 Å². The van der Waals surface area contributed by atoms with Gasteiger partial charge in [0.05, 0.1) is 16.7 Å². The van der Waals surface area contributed by atoms with E-state index in [-0.39, 0.29) is 0 Å². The van der Waals surface area contributed by atoms with Gasteiger partial charge in [-0.2, -0.15) is 0 Å². The summed E-state index contributed by atoms with van der Waals surface area (Å²) in [6.07, 6.45) is 0. The third-order valence-corrected chi connectivity index (χ3v) is 14.8. The molecule has 1 aromatic heterocycles. The molecule has 48 heavy (non-hydrogen) atoms. The molecule has 0 atom stereocenters. The van der Waals surface area contributed by atoms with E-state index < -0.39 is 8.07 Å². The van der Waals surface area contributed by atoms with Crippen LogP contribution in [0.15, 0.2) is 200 Å². The monoisotopic (exact) mass is 627 g/mol. The van der Waals surface area contributed by atoms with E-state index in [1.165, 1.54) is 70.1 Å². The van der Waals surface area contributed by atoms with E-state index in [2.05, 4.69) is 205 Å². The molecular formula is C46H33NSi. The Balaban J connectivity index is 1.23. The lowest BCUT2D eigenvalue weighted by atomic mass is 9.97. The standard InChI is InChI=1S/C46H33NSi/c1-4-16-35(17-5-1)48(36-18-6-2-7-19-36,37-20-8-3-9-21-37)38-32-30-34(31-33-38)39-24-14-26-41-40(39)25-15-29-46(41)47-44-27-12-10-22-42(44)43-23-11-13-28-45(43)47/h1-33H. The Morgan fingerprint density at radius 1 is 0.292 bits per heavy atom. The van der Waals surface area contributed by atoms with Crippen LogP contribution < -0.4 is 20.7 Å². The summed E-state index contributed by atoms with van der Waals surface area (Å²) in [7, 11) is -2.58. The molecule has 0 aliphatic rings. The highest BCUT2D eigenvalue weighted by atomic mass is 28.3. The van der Waals surface area contributed by atoms with Gasteiger partial charge in [-0.25, -0.2) is 0 Å². The first kappa shape index (κ1) is 28.3. The average Bonchev–Trinajstić information content (AvgIpc) is 3.50. The molecule has 226 valence electrons. The van der Waals surface area contributed by atoms with Crippen LogP contribution in [0.3, 0.4) is 0 Å². The Kier molecular flexibility index (Phi) is 6.88. The van der Waals surface area contributed by atoms with E-state index in [1.54, 1.807) is 0 Å². The molecule has 0 spiro atoms. The Labute approximate surface area is 282 Å². The number of hydrogen-bond donors (Lipinski definition) is 0. The average molecular weight is 628 g/mol. The molecule has 0 saturated heterocycles. The fourth-order valence-electron chi connectivity index (χ4n) is 7.89. The molecular weight excluding hydrogens is 595 g/mol. The van der Waals surface area contributed by atoms with Gasteiger partial charge in [0.1, 0.15) is 0 Å². The molecule has 0 N–H and O–H groups in total. The van der Waals surface area contributed by atoms with Crippen molar-refractivity contribution in [3.05, 3.63) is 200 Å². The molecule has 0 fully saturated rings. The summed E-state index contributed by atoms with van der Waals surface area (Å²) >= 11 is 0. The highest BCUT2D eigenvalue weighted by Gasteiger charge is 2.41. The van der Waals surface area contributed by atoms with E-state index in [0.29, 0.717) is 0 Å². The summed E-state index contributed by atoms with van der Waals surface area (Å²) in [5.74, 6) is 0. The maximum Gasteiger partial charge on any atom is 0.179 e. The fraction of sp³-hybridized carbons (Fsp3) is 0. The Morgan fingerprint density at radius 3 is 1.25 bits per heavy atom. The van der Waals surface area contributed by atoms with Gasteiger partial charge in [-0.3, -0.25) is 0 Å². The van der Waals surface area contributed by atoms with Crippen LogP contribution in [0.25, 0.3) is 49.4 Å². The zero-order valence-corrected chi connectivity index (χ0v) is 27.5. The van der Waals surface area contributed by atoms with Crippen LogP contribution in [-0.2, 0) is 0 Å². The van der Waals surface area contributed by atoms with Crippen molar-refractivity contribution < 1.29 is 0 Å². The first-order chi connectivity index (χ1) is 23.8. The van der Waals surface area contributed by atoms with E-state index >= 15 is 0 Å². The van der Waals surface area contributed by atoms with Gasteiger partial charge in [-0.1, -0.05) is 182 Å². The number of benzene rings is 8. The number of rotatable bonds is 6. The molecule has 0 amide bonds. The predicted molar refractivity (Wildman–Crippen MR) is 207 cm³/mol. The van der Waals surface area contributed by atoms with E-state index in [1.807, 2.05) is 0 Å². The van der Waals surface area contributed by atoms with Gasteiger partial charge in [-0.15, -0.1) is 0 Å². The SMILES string of the molecule is c1ccc([Si](c2ccccc2)(c2ccccc2)c2ccc(-c3cccc4c(-n5c6ccccc6c6ccccc65)cccc34)cc2)cc1. The van der Waals surface area contributed by atoms with Crippen molar-refractivity contribution >= 4 is 61.4 Å². The number of hydrogen-bond acceptors (Lipinski definition) is 0. The van der Waals surface area contributed by atoms with Crippen LogP contribution >= 0.6 is 0 Å². The third kappa shape index (κ3) is 4.38. The smallest absolute Gasteiger partial charge is 0.179 e. The largest absolute Gasteiger partial charge is 0.309 e. The molecule has 0 saturated carbocycles. The van der Waals surface area contributed by atoms with Gasteiger partial charge >= 0.3 is 0 Å². The maximum absolute atomic E-state index is 2.58. The molecule has 9 aromatic rings. The predicted octanol–water partition coefficient (Wildman–Crippen LogP) is 8.98. The second kappa shape index (κ2) is 11.7. The topological polar surface area (TPSA) is 4.93 Å². The second-order valence-electron chi connectivity index (χ2n) is 12.5. The van der Waals surface area contributed by atoms with Crippen LogP contribution in [0.2, 0.25) is 0 Å². The van der Waals surface area contributed by atoms with Gasteiger partial charge in [0.2, 0.25) is 0 Å². The molecule has 0 radical (unpaired) electrons. The second-order valence-corrected chi connectivity index (χ2v) is 16.3. The normalized spacial score (nSPS) is 11.8. The van der Waals surface area contributed by atoms with E-state index in [4.69, 9.17) is 0 Å². The third-order valence-electron chi connectivity index (χ3n) is 9.97. The minimum absolute atomic E-state index is 1.20. The van der Waals surface area contributed by atoms with Crippen molar-refractivity contribution in [2.75, 3.05) is 0 Å². The number of para-hydroxylation sites is 2. The van der Waals surface area contributed by atoms with Gasteiger partial charge in [-0.05, 0) is 55.5 Å². The summed E-state index contributed by atoms with van der Waals surface area (Å²) in [6.45, 7) is 0. The zero-order valence-electron chi connectivity index (χ0n) is 26.5. The Morgan fingerprint density at radius 2 is 0.708 bits per heavy atom. The van der Waals surface area contributed by atoms with Crippen molar-refractivity contribution in [1.82, 2.24) is 4.57 Å². The lowest BCUT2D eigenvalue weighted by Crippen LogP contribution is -2.74. The highest BCUT2D eigenvalue weighted by Crippen LogP contribution is 2.37.